The van der Waals surface area contributed by atoms with Gasteiger partial charge in [-0.1, -0.05) is 12.1 Å². The van der Waals surface area contributed by atoms with E-state index in [1.165, 1.54) is 12.1 Å². The Morgan fingerprint density at radius 3 is 2.42 bits per heavy atom. The zero-order valence-electron chi connectivity index (χ0n) is 27.1. The van der Waals surface area contributed by atoms with E-state index in [9.17, 15) is 9.59 Å². The highest BCUT2D eigenvalue weighted by Crippen LogP contribution is 2.44. The Kier molecular flexibility index (Phi) is 8.18. The molecule has 1 aromatic heterocycles. The van der Waals surface area contributed by atoms with E-state index in [-0.39, 0.29) is 54.9 Å². The Labute approximate surface area is 263 Å². The Morgan fingerprint density at radius 2 is 1.73 bits per heavy atom. The standard InChI is InChI=1S/C33H44F2N6O4/c1-32(2,3)45-31(43)39-15-16-40-22(18-39)20-44-28-25(30(40)42)29(36-27(26(28)35)23-9-7-8-10-24(23)34)41-19-21(17-33(41,4)5)38-13-11-37(6)12-14-38/h7-10,21-22H,11-20H2,1-6H3. The van der Waals surface area contributed by atoms with Crippen molar-refractivity contribution in [2.24, 2.45) is 0 Å². The van der Waals surface area contributed by atoms with Crippen molar-refractivity contribution in [3.05, 3.63) is 41.5 Å². The van der Waals surface area contributed by atoms with Crippen molar-refractivity contribution in [3.8, 4) is 17.0 Å². The summed E-state index contributed by atoms with van der Waals surface area (Å²) in [5.41, 5.74) is -1.24. The molecule has 4 aliphatic rings. The highest BCUT2D eigenvalue weighted by Gasteiger charge is 2.47. The van der Waals surface area contributed by atoms with Gasteiger partial charge >= 0.3 is 6.09 Å². The summed E-state index contributed by atoms with van der Waals surface area (Å²) in [6, 6.07) is 5.60. The van der Waals surface area contributed by atoms with Crippen LogP contribution in [0.3, 0.4) is 0 Å². The minimum atomic E-state index is -0.872. The predicted octanol–water partition coefficient (Wildman–Crippen LogP) is 4.09. The molecule has 4 aliphatic heterocycles. The van der Waals surface area contributed by atoms with Gasteiger partial charge in [-0.2, -0.15) is 0 Å². The van der Waals surface area contributed by atoms with E-state index in [0.29, 0.717) is 12.4 Å². The highest BCUT2D eigenvalue weighted by molar-refractivity contribution is 6.03. The summed E-state index contributed by atoms with van der Waals surface area (Å²) in [5, 5.41) is 0. The van der Waals surface area contributed by atoms with Crippen LogP contribution in [0.4, 0.5) is 19.4 Å². The van der Waals surface area contributed by atoms with Gasteiger partial charge in [0.2, 0.25) is 0 Å². The van der Waals surface area contributed by atoms with Crippen LogP contribution >= 0.6 is 0 Å². The van der Waals surface area contributed by atoms with E-state index < -0.39 is 40.8 Å². The molecule has 45 heavy (non-hydrogen) atoms. The number of likely N-dealkylation sites (N-methyl/N-ethyl adjacent to an activating group) is 1. The summed E-state index contributed by atoms with van der Waals surface area (Å²) < 4.78 is 43.3. The minimum Gasteiger partial charge on any atom is -0.487 e. The first-order valence-corrected chi connectivity index (χ1v) is 15.8. The van der Waals surface area contributed by atoms with Gasteiger partial charge in [-0.25, -0.2) is 18.6 Å². The van der Waals surface area contributed by atoms with Crippen LogP contribution in [0, 0.1) is 11.6 Å². The van der Waals surface area contributed by atoms with Crippen molar-refractivity contribution < 1.29 is 27.8 Å². The van der Waals surface area contributed by atoms with Crippen molar-refractivity contribution >= 4 is 17.8 Å². The van der Waals surface area contributed by atoms with Crippen LogP contribution in [0.1, 0.15) is 51.4 Å². The summed E-state index contributed by atoms with van der Waals surface area (Å²) in [5.74, 6) is -1.82. The number of aromatic nitrogens is 1. The molecule has 2 unspecified atom stereocenters. The Bertz CT molecular complexity index is 1470. The predicted molar refractivity (Wildman–Crippen MR) is 167 cm³/mol. The third-order valence-electron chi connectivity index (χ3n) is 9.40. The van der Waals surface area contributed by atoms with Gasteiger partial charge in [0.1, 0.15) is 35.1 Å². The molecule has 0 N–H and O–H groups in total. The number of anilines is 1. The van der Waals surface area contributed by atoms with Crippen molar-refractivity contribution in [1.82, 2.24) is 24.6 Å². The molecule has 6 rings (SSSR count). The fraction of sp³-hybridized carbons (Fsp3) is 0.606. The van der Waals surface area contributed by atoms with Crippen molar-refractivity contribution in [2.45, 2.75) is 64.3 Å². The molecule has 2 aromatic rings. The molecule has 3 fully saturated rings. The first kappa shape index (κ1) is 31.5. The maximum absolute atomic E-state index is 16.5. The molecule has 10 nitrogen and oxygen atoms in total. The molecular weight excluding hydrogens is 582 g/mol. The second-order valence-corrected chi connectivity index (χ2v) is 14.3. The van der Waals surface area contributed by atoms with Crippen LogP contribution in [-0.4, -0.2) is 126 Å². The van der Waals surface area contributed by atoms with Gasteiger partial charge in [0.05, 0.1) is 6.04 Å². The highest BCUT2D eigenvalue weighted by atomic mass is 19.1. The lowest BCUT2D eigenvalue weighted by atomic mass is 9.98. The molecule has 0 bridgehead atoms. The molecule has 12 heteroatoms. The van der Waals surface area contributed by atoms with Crippen LogP contribution in [0.15, 0.2) is 24.3 Å². The van der Waals surface area contributed by atoms with Crippen LogP contribution in [0.5, 0.6) is 5.75 Å². The quantitative estimate of drug-likeness (QED) is 0.505. The van der Waals surface area contributed by atoms with Gasteiger partial charge in [-0.05, 0) is 60.2 Å². The lowest BCUT2D eigenvalue weighted by Crippen LogP contribution is -2.58. The number of halogens is 2. The number of rotatable bonds is 3. The van der Waals surface area contributed by atoms with Gasteiger partial charge in [-0.3, -0.25) is 9.69 Å². The third kappa shape index (κ3) is 6.06. The summed E-state index contributed by atoms with van der Waals surface area (Å²) in [4.78, 5) is 42.2. The Morgan fingerprint density at radius 1 is 1.02 bits per heavy atom. The van der Waals surface area contributed by atoms with E-state index in [0.717, 1.165) is 32.6 Å². The lowest BCUT2D eigenvalue weighted by Gasteiger charge is -2.40. The van der Waals surface area contributed by atoms with Gasteiger partial charge in [0.25, 0.3) is 5.91 Å². The van der Waals surface area contributed by atoms with E-state index in [1.54, 1.807) is 42.7 Å². The molecule has 0 aliphatic carbocycles. The van der Waals surface area contributed by atoms with Gasteiger partial charge in [-0.15, -0.1) is 0 Å². The summed E-state index contributed by atoms with van der Waals surface area (Å²) in [6.07, 6.45) is 0.353. The smallest absolute Gasteiger partial charge is 0.410 e. The van der Waals surface area contributed by atoms with E-state index in [4.69, 9.17) is 14.5 Å². The van der Waals surface area contributed by atoms with Crippen molar-refractivity contribution in [2.75, 3.05) is 70.9 Å². The zero-order valence-corrected chi connectivity index (χ0v) is 27.1. The number of piperazine rings is 2. The van der Waals surface area contributed by atoms with E-state index in [1.807, 2.05) is 0 Å². The van der Waals surface area contributed by atoms with Gasteiger partial charge < -0.3 is 29.1 Å². The summed E-state index contributed by atoms with van der Waals surface area (Å²) in [7, 11) is 2.12. The number of carbonyl (C=O) groups excluding carboxylic acids is 2. The number of amides is 2. The van der Waals surface area contributed by atoms with Gasteiger partial charge in [0.15, 0.2) is 11.6 Å². The molecule has 3 saturated heterocycles. The molecule has 5 heterocycles. The number of hydrogen-bond donors (Lipinski definition) is 0. The Balaban J connectivity index is 1.40. The molecule has 1 aromatic carbocycles. The maximum atomic E-state index is 16.5. The molecule has 0 spiro atoms. The number of carbonyl (C=O) groups is 2. The topological polar surface area (TPSA) is 81.7 Å². The first-order valence-electron chi connectivity index (χ1n) is 15.8. The number of benzene rings is 1. The number of fused-ring (bicyclic) bond motifs is 2. The van der Waals surface area contributed by atoms with Crippen LogP contribution in [0.25, 0.3) is 11.3 Å². The zero-order chi connectivity index (χ0) is 32.3. The third-order valence-corrected chi connectivity index (χ3v) is 9.40. The number of nitrogens with zero attached hydrogens (tertiary/aromatic N) is 6. The minimum absolute atomic E-state index is 0.000732. The SMILES string of the molecule is CN1CCN(C2CN(c3nc(-c4ccccc4F)c(F)c4c3C(=O)N3CCN(C(=O)OC(C)(C)C)CC3CO4)C(C)(C)C2)CC1. The monoisotopic (exact) mass is 626 g/mol. The largest absolute Gasteiger partial charge is 0.487 e. The molecule has 0 radical (unpaired) electrons. The van der Waals surface area contributed by atoms with Crippen molar-refractivity contribution in [1.29, 1.82) is 0 Å². The normalized spacial score (nSPS) is 24.2. The van der Waals surface area contributed by atoms with Crippen LogP contribution in [0.2, 0.25) is 0 Å². The van der Waals surface area contributed by atoms with E-state index in [2.05, 4.69) is 35.6 Å². The summed E-state index contributed by atoms with van der Waals surface area (Å²) in [6.45, 7) is 14.7. The number of hydrogen-bond acceptors (Lipinski definition) is 8. The van der Waals surface area contributed by atoms with Crippen molar-refractivity contribution in [3.63, 3.8) is 0 Å². The Hall–Kier alpha value is -3.51. The van der Waals surface area contributed by atoms with E-state index >= 15 is 8.78 Å². The second kappa shape index (κ2) is 11.7. The molecule has 2 amide bonds. The van der Waals surface area contributed by atoms with Crippen LogP contribution < -0.4 is 9.64 Å². The number of ether oxygens (including phenoxy) is 2. The van der Waals surface area contributed by atoms with Crippen LogP contribution in [-0.2, 0) is 4.74 Å². The van der Waals surface area contributed by atoms with Gasteiger partial charge in [0, 0.05) is 69.5 Å². The second-order valence-electron chi connectivity index (χ2n) is 14.3. The summed E-state index contributed by atoms with van der Waals surface area (Å²) >= 11 is 0. The number of pyridine rings is 1. The fourth-order valence-corrected chi connectivity index (χ4v) is 6.98. The molecule has 2 atom stereocenters. The first-order chi connectivity index (χ1) is 21.2. The fourth-order valence-electron chi connectivity index (χ4n) is 6.98. The molecular formula is C33H44F2N6O4. The average molecular weight is 627 g/mol. The maximum Gasteiger partial charge on any atom is 0.410 e. The molecule has 0 saturated carbocycles. The average Bonchev–Trinajstić information content (AvgIpc) is 3.21. The lowest BCUT2D eigenvalue weighted by molar-refractivity contribution is 0.000864. The molecule has 244 valence electrons.